The number of likely N-dealkylation sites (N-methyl/N-ethyl adjacent to an activating group) is 1. The largest absolute Gasteiger partial charge is 0.304 e. The van der Waals surface area contributed by atoms with Crippen molar-refractivity contribution in [3.05, 3.63) is 41.7 Å². The Kier molecular flexibility index (Phi) is 5.05. The summed E-state index contributed by atoms with van der Waals surface area (Å²) in [7, 11) is 2.15. The highest BCUT2D eigenvalue weighted by Gasteiger charge is 2.29. The first kappa shape index (κ1) is 17.6. The zero-order chi connectivity index (χ0) is 18.1. The van der Waals surface area contributed by atoms with Gasteiger partial charge in [0.1, 0.15) is 17.3 Å². The van der Waals surface area contributed by atoms with Crippen molar-refractivity contribution in [3.8, 4) is 5.69 Å². The van der Waals surface area contributed by atoms with Gasteiger partial charge in [0, 0.05) is 32.1 Å². The van der Waals surface area contributed by atoms with Gasteiger partial charge < -0.3 is 4.90 Å². The summed E-state index contributed by atoms with van der Waals surface area (Å²) >= 11 is 0. The van der Waals surface area contributed by atoms with E-state index in [9.17, 15) is 4.39 Å². The second kappa shape index (κ2) is 7.45. The third-order valence-corrected chi connectivity index (χ3v) is 5.91. The number of aromatic nitrogens is 3. The van der Waals surface area contributed by atoms with Crippen LogP contribution in [-0.2, 0) is 0 Å². The fourth-order valence-electron chi connectivity index (χ4n) is 4.14. The average Bonchev–Trinajstić information content (AvgIpc) is 3.32. The Morgan fingerprint density at radius 3 is 2.46 bits per heavy atom. The molecule has 1 aliphatic heterocycles. The van der Waals surface area contributed by atoms with Crippen molar-refractivity contribution in [1.82, 2.24) is 24.6 Å². The van der Waals surface area contributed by atoms with E-state index >= 15 is 0 Å². The van der Waals surface area contributed by atoms with Crippen molar-refractivity contribution in [3.63, 3.8) is 0 Å². The zero-order valence-corrected chi connectivity index (χ0v) is 15.7. The lowest BCUT2D eigenvalue weighted by molar-refractivity contribution is 0.114. The van der Waals surface area contributed by atoms with Crippen molar-refractivity contribution in [1.29, 1.82) is 0 Å². The number of hydrogen-bond donors (Lipinski definition) is 0. The van der Waals surface area contributed by atoms with Crippen LogP contribution < -0.4 is 0 Å². The minimum atomic E-state index is -0.248. The fraction of sp³-hybridized carbons (Fsp3) is 0.600. The number of nitrogens with zero attached hydrogens (tertiary/aromatic N) is 5. The van der Waals surface area contributed by atoms with E-state index < -0.39 is 0 Å². The molecule has 2 aliphatic rings. The molecule has 4 rings (SSSR count). The Bertz CT molecular complexity index is 744. The summed E-state index contributed by atoms with van der Waals surface area (Å²) in [6.45, 7) is 6.27. The van der Waals surface area contributed by atoms with E-state index in [1.165, 1.54) is 18.9 Å². The molecule has 1 saturated carbocycles. The van der Waals surface area contributed by atoms with Crippen molar-refractivity contribution < 1.29 is 4.39 Å². The first-order valence-electron chi connectivity index (χ1n) is 9.78. The van der Waals surface area contributed by atoms with Crippen LogP contribution in [0.15, 0.2) is 24.3 Å². The second-order valence-corrected chi connectivity index (χ2v) is 7.69. The molecule has 6 heteroatoms. The lowest BCUT2D eigenvalue weighted by Gasteiger charge is -2.35. The van der Waals surface area contributed by atoms with Gasteiger partial charge in [-0.05, 0) is 38.9 Å². The fourth-order valence-corrected chi connectivity index (χ4v) is 4.14. The highest BCUT2D eigenvalue weighted by Crippen LogP contribution is 2.34. The Morgan fingerprint density at radius 1 is 1.08 bits per heavy atom. The normalized spacial score (nSPS) is 21.3. The topological polar surface area (TPSA) is 37.2 Å². The Balaban J connectivity index is 1.70. The van der Waals surface area contributed by atoms with Crippen LogP contribution in [0, 0.1) is 5.82 Å². The molecule has 1 atom stereocenters. The molecule has 1 aromatic heterocycles. The van der Waals surface area contributed by atoms with E-state index in [-0.39, 0.29) is 11.9 Å². The number of halogens is 1. The summed E-state index contributed by atoms with van der Waals surface area (Å²) < 4.78 is 16.2. The second-order valence-electron chi connectivity index (χ2n) is 7.69. The summed E-state index contributed by atoms with van der Waals surface area (Å²) in [5, 5.41) is 4.78. The Morgan fingerprint density at radius 2 is 1.77 bits per heavy atom. The number of rotatable bonds is 4. The molecule has 0 spiro atoms. The number of hydrogen-bond acceptors (Lipinski definition) is 4. The molecule has 1 aromatic carbocycles. The van der Waals surface area contributed by atoms with Crippen molar-refractivity contribution in [2.75, 3.05) is 33.2 Å². The molecule has 1 saturated heterocycles. The van der Waals surface area contributed by atoms with E-state index in [1.54, 1.807) is 16.8 Å². The van der Waals surface area contributed by atoms with Gasteiger partial charge in [0.2, 0.25) is 0 Å². The van der Waals surface area contributed by atoms with E-state index in [0.29, 0.717) is 11.6 Å². The standard InChI is InChI=1S/C20H28FN5/c1-15(25-13-11-24(2)12-14-25)20-22-19(16-7-3-4-8-16)23-26(20)18-10-6-5-9-17(18)21/h5-6,9-10,15-16H,3-4,7-8,11-14H2,1-2H3. The molecule has 0 amide bonds. The van der Waals surface area contributed by atoms with Crippen molar-refractivity contribution in [2.45, 2.75) is 44.6 Å². The van der Waals surface area contributed by atoms with Crippen LogP contribution in [0.25, 0.3) is 5.69 Å². The molecular weight excluding hydrogens is 329 g/mol. The maximum absolute atomic E-state index is 14.5. The van der Waals surface area contributed by atoms with Crippen molar-refractivity contribution >= 4 is 0 Å². The van der Waals surface area contributed by atoms with Gasteiger partial charge in [0.25, 0.3) is 0 Å². The predicted molar refractivity (Wildman–Crippen MR) is 100 cm³/mol. The molecule has 1 unspecified atom stereocenters. The van der Waals surface area contributed by atoms with Crippen LogP contribution >= 0.6 is 0 Å². The van der Waals surface area contributed by atoms with Gasteiger partial charge in [-0.2, -0.15) is 5.10 Å². The lowest BCUT2D eigenvalue weighted by atomic mass is 10.1. The van der Waals surface area contributed by atoms with Crippen LogP contribution in [0.1, 0.15) is 56.2 Å². The zero-order valence-electron chi connectivity index (χ0n) is 15.7. The molecule has 140 valence electrons. The maximum Gasteiger partial charge on any atom is 0.154 e. The molecule has 2 heterocycles. The molecule has 2 aromatic rings. The van der Waals surface area contributed by atoms with E-state index in [1.807, 2.05) is 6.07 Å². The average molecular weight is 357 g/mol. The molecule has 2 fully saturated rings. The highest BCUT2D eigenvalue weighted by atomic mass is 19.1. The highest BCUT2D eigenvalue weighted by molar-refractivity contribution is 5.34. The van der Waals surface area contributed by atoms with Crippen LogP contribution in [0.3, 0.4) is 0 Å². The summed E-state index contributed by atoms with van der Waals surface area (Å²) in [6.07, 6.45) is 4.76. The monoisotopic (exact) mass is 357 g/mol. The van der Waals surface area contributed by atoms with Gasteiger partial charge in [0.05, 0.1) is 6.04 Å². The summed E-state index contributed by atoms with van der Waals surface area (Å²) in [4.78, 5) is 9.71. The van der Waals surface area contributed by atoms with Crippen LogP contribution in [-0.4, -0.2) is 57.8 Å². The predicted octanol–water partition coefficient (Wildman–Crippen LogP) is 3.37. The first-order valence-corrected chi connectivity index (χ1v) is 9.78. The molecule has 0 N–H and O–H groups in total. The van der Waals surface area contributed by atoms with Gasteiger partial charge in [-0.3, -0.25) is 4.90 Å². The van der Waals surface area contributed by atoms with E-state index in [4.69, 9.17) is 10.1 Å². The van der Waals surface area contributed by atoms with Gasteiger partial charge in [-0.1, -0.05) is 25.0 Å². The smallest absolute Gasteiger partial charge is 0.154 e. The van der Waals surface area contributed by atoms with Crippen LogP contribution in [0.2, 0.25) is 0 Å². The lowest BCUT2D eigenvalue weighted by Crippen LogP contribution is -2.45. The summed E-state index contributed by atoms with van der Waals surface area (Å²) in [5.74, 6) is 1.92. The van der Waals surface area contributed by atoms with Gasteiger partial charge in [-0.25, -0.2) is 14.1 Å². The molecular formula is C20H28FN5. The minimum absolute atomic E-state index is 0.117. The third kappa shape index (κ3) is 3.40. The number of benzene rings is 1. The summed E-state index contributed by atoms with van der Waals surface area (Å²) in [6, 6.07) is 6.99. The van der Waals surface area contributed by atoms with Crippen LogP contribution in [0.5, 0.6) is 0 Å². The molecule has 5 nitrogen and oxygen atoms in total. The van der Waals surface area contributed by atoms with Crippen LogP contribution in [0.4, 0.5) is 4.39 Å². The SMILES string of the molecule is CC(c1nc(C2CCCC2)nn1-c1ccccc1F)N1CCN(C)CC1. The minimum Gasteiger partial charge on any atom is -0.304 e. The Hall–Kier alpha value is -1.79. The third-order valence-electron chi connectivity index (χ3n) is 5.91. The maximum atomic E-state index is 14.5. The molecule has 0 radical (unpaired) electrons. The Labute approximate surface area is 154 Å². The number of para-hydroxylation sites is 1. The quantitative estimate of drug-likeness (QED) is 0.841. The van der Waals surface area contributed by atoms with Gasteiger partial charge in [-0.15, -0.1) is 0 Å². The van der Waals surface area contributed by atoms with E-state index in [2.05, 4.69) is 23.8 Å². The van der Waals surface area contributed by atoms with Gasteiger partial charge >= 0.3 is 0 Å². The number of piperazine rings is 1. The molecule has 26 heavy (non-hydrogen) atoms. The van der Waals surface area contributed by atoms with Gasteiger partial charge in [0.15, 0.2) is 5.82 Å². The van der Waals surface area contributed by atoms with E-state index in [0.717, 1.165) is 50.7 Å². The van der Waals surface area contributed by atoms with Crippen molar-refractivity contribution in [2.24, 2.45) is 0 Å². The molecule has 1 aliphatic carbocycles. The molecule has 0 bridgehead atoms. The first-order chi connectivity index (χ1) is 12.6. The summed E-state index contributed by atoms with van der Waals surface area (Å²) in [5.41, 5.74) is 0.500.